The van der Waals surface area contributed by atoms with E-state index in [2.05, 4.69) is 12.2 Å². The van der Waals surface area contributed by atoms with Gasteiger partial charge in [0.15, 0.2) is 0 Å². The third-order valence-corrected chi connectivity index (χ3v) is 2.08. The molecule has 0 aromatic heterocycles. The molecule has 0 amide bonds. The lowest BCUT2D eigenvalue weighted by Crippen LogP contribution is -2.21. The Morgan fingerprint density at radius 2 is 1.86 bits per heavy atom. The summed E-state index contributed by atoms with van der Waals surface area (Å²) in [6.45, 7) is 6.19. The zero-order chi connectivity index (χ0) is 10.5. The quantitative estimate of drug-likeness (QED) is 0.501. The van der Waals surface area contributed by atoms with Crippen LogP contribution in [0.25, 0.3) is 0 Å². The molecule has 0 radical (unpaired) electrons. The van der Waals surface area contributed by atoms with E-state index in [9.17, 15) is 0 Å². The van der Waals surface area contributed by atoms with Gasteiger partial charge in [-0.05, 0) is 32.2 Å². The molecule has 0 aromatic rings. The molecule has 0 fully saturated rings. The molecule has 0 bridgehead atoms. The van der Waals surface area contributed by atoms with E-state index in [1.54, 1.807) is 0 Å². The number of aliphatic hydroxyl groups excluding tert-OH is 1. The van der Waals surface area contributed by atoms with Crippen molar-refractivity contribution in [2.24, 2.45) is 0 Å². The van der Waals surface area contributed by atoms with Gasteiger partial charge in [-0.2, -0.15) is 0 Å². The van der Waals surface area contributed by atoms with Crippen molar-refractivity contribution in [2.75, 3.05) is 32.9 Å². The number of nitrogens with one attached hydrogen (secondary N) is 1. The second-order valence-corrected chi connectivity index (χ2v) is 3.50. The third kappa shape index (κ3) is 11.9. The predicted octanol–water partition coefficient (Wildman–Crippen LogP) is 1.56. The predicted molar refractivity (Wildman–Crippen MR) is 59.5 cm³/mol. The lowest BCUT2D eigenvalue weighted by Gasteiger charge is -2.05. The van der Waals surface area contributed by atoms with Gasteiger partial charge in [0.2, 0.25) is 0 Å². The van der Waals surface area contributed by atoms with Gasteiger partial charge in [-0.25, -0.2) is 0 Å². The van der Waals surface area contributed by atoms with Crippen LogP contribution in [-0.4, -0.2) is 38.0 Å². The summed E-state index contributed by atoms with van der Waals surface area (Å²) in [5, 5.41) is 11.9. The van der Waals surface area contributed by atoms with E-state index in [-0.39, 0.29) is 0 Å². The van der Waals surface area contributed by atoms with Crippen LogP contribution in [0.15, 0.2) is 0 Å². The first kappa shape index (κ1) is 13.9. The minimum absolute atomic E-state index is 0.320. The molecule has 0 saturated carbocycles. The molecule has 3 heteroatoms. The van der Waals surface area contributed by atoms with Gasteiger partial charge in [-0.3, -0.25) is 0 Å². The molecule has 2 N–H and O–H groups in total. The van der Waals surface area contributed by atoms with Crippen LogP contribution in [0.5, 0.6) is 0 Å². The molecule has 0 unspecified atom stereocenters. The average molecular weight is 203 g/mol. The smallest absolute Gasteiger partial charge is 0.0590 e. The standard InChI is InChI=1S/C11H25NO2/c1-2-3-10-14-11-8-12-7-5-4-6-9-13/h12-13H,2-11H2,1H3. The van der Waals surface area contributed by atoms with E-state index >= 15 is 0 Å². The number of hydrogen-bond donors (Lipinski definition) is 2. The molecule has 86 valence electrons. The Balaban J connectivity index is 2.78. The van der Waals surface area contributed by atoms with Crippen molar-refractivity contribution in [3.63, 3.8) is 0 Å². The molecule has 14 heavy (non-hydrogen) atoms. The van der Waals surface area contributed by atoms with Gasteiger partial charge in [-0.15, -0.1) is 0 Å². The average Bonchev–Trinajstić information content (AvgIpc) is 2.21. The van der Waals surface area contributed by atoms with E-state index < -0.39 is 0 Å². The van der Waals surface area contributed by atoms with Crippen molar-refractivity contribution in [1.29, 1.82) is 0 Å². The topological polar surface area (TPSA) is 41.5 Å². The Bertz CT molecular complexity index is 87.3. The summed E-state index contributed by atoms with van der Waals surface area (Å²) in [7, 11) is 0. The molecule has 0 aliphatic carbocycles. The van der Waals surface area contributed by atoms with Crippen LogP contribution >= 0.6 is 0 Å². The highest BCUT2D eigenvalue weighted by atomic mass is 16.5. The summed E-state index contributed by atoms with van der Waals surface area (Å²) in [5.41, 5.74) is 0. The summed E-state index contributed by atoms with van der Waals surface area (Å²) < 4.78 is 5.40. The van der Waals surface area contributed by atoms with E-state index in [1.165, 1.54) is 6.42 Å². The summed E-state index contributed by atoms with van der Waals surface area (Å²) in [5.74, 6) is 0. The lowest BCUT2D eigenvalue weighted by molar-refractivity contribution is 0.133. The van der Waals surface area contributed by atoms with Crippen molar-refractivity contribution in [2.45, 2.75) is 39.0 Å². The number of unbranched alkanes of at least 4 members (excludes halogenated alkanes) is 3. The number of aliphatic hydroxyl groups is 1. The van der Waals surface area contributed by atoms with Crippen molar-refractivity contribution < 1.29 is 9.84 Å². The third-order valence-electron chi connectivity index (χ3n) is 2.08. The molecule has 0 heterocycles. The summed E-state index contributed by atoms with van der Waals surface area (Å²) in [6, 6.07) is 0. The first-order chi connectivity index (χ1) is 6.91. The number of ether oxygens (including phenoxy) is 1. The highest BCUT2D eigenvalue weighted by Gasteiger charge is 1.89. The van der Waals surface area contributed by atoms with Crippen molar-refractivity contribution >= 4 is 0 Å². The van der Waals surface area contributed by atoms with Gasteiger partial charge in [0.1, 0.15) is 0 Å². The SMILES string of the molecule is CCCCOCCNCCCCCO. The van der Waals surface area contributed by atoms with Crippen LogP contribution in [0, 0.1) is 0 Å². The molecule has 0 aromatic carbocycles. The molecular formula is C11H25NO2. The van der Waals surface area contributed by atoms with Gasteiger partial charge in [0.05, 0.1) is 6.61 Å². The molecule has 0 aliphatic rings. The number of hydrogen-bond acceptors (Lipinski definition) is 3. The maximum atomic E-state index is 8.55. The summed E-state index contributed by atoms with van der Waals surface area (Å²) in [6.07, 6.45) is 5.55. The summed E-state index contributed by atoms with van der Waals surface area (Å²) >= 11 is 0. The van der Waals surface area contributed by atoms with Crippen molar-refractivity contribution in [3.05, 3.63) is 0 Å². The second-order valence-electron chi connectivity index (χ2n) is 3.50. The molecule has 0 aliphatic heterocycles. The zero-order valence-corrected chi connectivity index (χ0v) is 9.43. The Morgan fingerprint density at radius 3 is 2.57 bits per heavy atom. The Morgan fingerprint density at radius 1 is 1.00 bits per heavy atom. The fourth-order valence-corrected chi connectivity index (χ4v) is 1.16. The fourth-order valence-electron chi connectivity index (χ4n) is 1.16. The molecule has 0 atom stereocenters. The molecule has 3 nitrogen and oxygen atoms in total. The van der Waals surface area contributed by atoms with E-state index in [0.29, 0.717) is 6.61 Å². The first-order valence-electron chi connectivity index (χ1n) is 5.81. The van der Waals surface area contributed by atoms with E-state index in [4.69, 9.17) is 9.84 Å². The van der Waals surface area contributed by atoms with Gasteiger partial charge in [0, 0.05) is 19.8 Å². The Hall–Kier alpha value is -0.120. The van der Waals surface area contributed by atoms with E-state index in [1.807, 2.05) is 0 Å². The van der Waals surface area contributed by atoms with Gasteiger partial charge in [-0.1, -0.05) is 13.3 Å². The van der Waals surface area contributed by atoms with Gasteiger partial charge < -0.3 is 15.2 Å². The lowest BCUT2D eigenvalue weighted by atomic mass is 10.2. The molecule has 0 spiro atoms. The Labute approximate surface area is 87.8 Å². The van der Waals surface area contributed by atoms with Crippen LogP contribution < -0.4 is 5.32 Å². The molecule has 0 rings (SSSR count). The minimum atomic E-state index is 0.320. The van der Waals surface area contributed by atoms with E-state index in [0.717, 1.165) is 52.0 Å². The van der Waals surface area contributed by atoms with Gasteiger partial charge in [0.25, 0.3) is 0 Å². The highest BCUT2D eigenvalue weighted by Crippen LogP contribution is 1.91. The molecular weight excluding hydrogens is 178 g/mol. The molecule has 0 saturated heterocycles. The minimum Gasteiger partial charge on any atom is -0.396 e. The second kappa shape index (κ2) is 12.9. The maximum absolute atomic E-state index is 8.55. The van der Waals surface area contributed by atoms with Crippen molar-refractivity contribution in [3.8, 4) is 0 Å². The summed E-state index contributed by atoms with van der Waals surface area (Å²) in [4.78, 5) is 0. The van der Waals surface area contributed by atoms with Crippen LogP contribution in [-0.2, 0) is 4.74 Å². The zero-order valence-electron chi connectivity index (χ0n) is 9.43. The first-order valence-corrected chi connectivity index (χ1v) is 5.81. The Kier molecular flexibility index (Phi) is 12.8. The normalized spacial score (nSPS) is 10.7. The highest BCUT2D eigenvalue weighted by molar-refractivity contribution is 4.47. The van der Waals surface area contributed by atoms with Crippen molar-refractivity contribution in [1.82, 2.24) is 5.32 Å². The van der Waals surface area contributed by atoms with Crippen LogP contribution in [0.3, 0.4) is 0 Å². The van der Waals surface area contributed by atoms with Crippen LogP contribution in [0.4, 0.5) is 0 Å². The van der Waals surface area contributed by atoms with Crippen LogP contribution in [0.2, 0.25) is 0 Å². The number of rotatable bonds is 11. The monoisotopic (exact) mass is 203 g/mol. The van der Waals surface area contributed by atoms with Gasteiger partial charge >= 0.3 is 0 Å². The largest absolute Gasteiger partial charge is 0.396 e. The van der Waals surface area contributed by atoms with Crippen LogP contribution in [0.1, 0.15) is 39.0 Å². The fraction of sp³-hybridized carbons (Fsp3) is 1.00. The maximum Gasteiger partial charge on any atom is 0.0590 e.